The van der Waals surface area contributed by atoms with Crippen molar-refractivity contribution in [1.82, 2.24) is 10.2 Å². The summed E-state index contributed by atoms with van der Waals surface area (Å²) in [5, 5.41) is 3.52. The minimum Gasteiger partial charge on any atom is -0.491 e. The zero-order chi connectivity index (χ0) is 14.2. The average Bonchev–Trinajstić information content (AvgIpc) is 3.25. The lowest BCUT2D eigenvalue weighted by Gasteiger charge is -2.13. The van der Waals surface area contributed by atoms with Gasteiger partial charge in [0.25, 0.3) is 0 Å². The summed E-state index contributed by atoms with van der Waals surface area (Å²) in [6.45, 7) is 3.83. The molecule has 1 saturated carbocycles. The molecule has 0 unspecified atom stereocenters. The van der Waals surface area contributed by atoms with Crippen molar-refractivity contribution < 1.29 is 9.47 Å². The molecule has 1 aromatic carbocycles. The SMILES string of the molecule is CN(C)CCOCCOc1ccccc1CNC1CC1. The van der Waals surface area contributed by atoms with Gasteiger partial charge < -0.3 is 19.7 Å². The molecular weight excluding hydrogens is 252 g/mol. The third-order valence-corrected chi connectivity index (χ3v) is 3.30. The Balaban J connectivity index is 1.66. The minimum atomic E-state index is 0.605. The molecule has 4 heteroatoms. The second kappa shape index (κ2) is 8.25. The molecule has 0 aliphatic heterocycles. The standard InChI is InChI=1S/C16H26N2O2/c1-18(2)9-10-19-11-12-20-16-6-4-3-5-14(16)13-17-15-7-8-15/h3-6,15,17H,7-13H2,1-2H3. The molecule has 1 fully saturated rings. The second-order valence-corrected chi connectivity index (χ2v) is 5.53. The summed E-state index contributed by atoms with van der Waals surface area (Å²) >= 11 is 0. The lowest BCUT2D eigenvalue weighted by atomic mass is 10.2. The fourth-order valence-electron chi connectivity index (χ4n) is 1.89. The van der Waals surface area contributed by atoms with Crippen LogP contribution in [0.1, 0.15) is 18.4 Å². The zero-order valence-electron chi connectivity index (χ0n) is 12.6. The average molecular weight is 278 g/mol. The molecule has 2 rings (SSSR count). The zero-order valence-corrected chi connectivity index (χ0v) is 12.6. The number of nitrogens with one attached hydrogen (secondary N) is 1. The highest BCUT2D eigenvalue weighted by Gasteiger charge is 2.20. The summed E-state index contributed by atoms with van der Waals surface area (Å²) in [7, 11) is 4.09. The first-order valence-corrected chi connectivity index (χ1v) is 7.42. The van der Waals surface area contributed by atoms with Gasteiger partial charge in [-0.25, -0.2) is 0 Å². The summed E-state index contributed by atoms with van der Waals surface area (Å²) in [5.74, 6) is 0.969. The maximum absolute atomic E-state index is 5.82. The van der Waals surface area contributed by atoms with Crippen molar-refractivity contribution in [3.63, 3.8) is 0 Å². The highest BCUT2D eigenvalue weighted by Crippen LogP contribution is 2.22. The molecule has 1 aliphatic rings. The number of benzene rings is 1. The van der Waals surface area contributed by atoms with E-state index in [1.54, 1.807) is 0 Å². The molecule has 20 heavy (non-hydrogen) atoms. The number of ether oxygens (including phenoxy) is 2. The molecule has 1 aromatic rings. The van der Waals surface area contributed by atoms with Crippen LogP contribution in [0, 0.1) is 0 Å². The Labute approximate surface area is 122 Å². The first kappa shape index (κ1) is 15.3. The molecule has 0 heterocycles. The van der Waals surface area contributed by atoms with Crippen molar-refractivity contribution in [1.29, 1.82) is 0 Å². The number of likely N-dealkylation sites (N-methyl/N-ethyl adjacent to an activating group) is 1. The summed E-state index contributed by atoms with van der Waals surface area (Å²) in [5.41, 5.74) is 1.23. The summed E-state index contributed by atoms with van der Waals surface area (Å²) in [6, 6.07) is 8.95. The fourth-order valence-corrected chi connectivity index (χ4v) is 1.89. The topological polar surface area (TPSA) is 33.7 Å². The highest BCUT2D eigenvalue weighted by atomic mass is 16.5. The van der Waals surface area contributed by atoms with Crippen LogP contribution in [0.15, 0.2) is 24.3 Å². The molecule has 112 valence electrons. The first-order valence-electron chi connectivity index (χ1n) is 7.42. The predicted molar refractivity (Wildman–Crippen MR) is 81.2 cm³/mol. The molecule has 1 N–H and O–H groups in total. The fraction of sp³-hybridized carbons (Fsp3) is 0.625. The normalized spacial score (nSPS) is 14.8. The Morgan fingerprint density at radius 2 is 1.95 bits per heavy atom. The molecule has 0 aromatic heterocycles. The van der Waals surface area contributed by atoms with Crippen LogP contribution in [0.3, 0.4) is 0 Å². The van der Waals surface area contributed by atoms with Gasteiger partial charge in [0.1, 0.15) is 12.4 Å². The van der Waals surface area contributed by atoms with E-state index in [4.69, 9.17) is 9.47 Å². The molecule has 0 bridgehead atoms. The van der Waals surface area contributed by atoms with Crippen LogP contribution < -0.4 is 10.1 Å². The van der Waals surface area contributed by atoms with Crippen LogP contribution in [-0.2, 0) is 11.3 Å². The van der Waals surface area contributed by atoms with E-state index in [1.807, 2.05) is 26.2 Å². The molecule has 0 spiro atoms. The number of hydrogen-bond acceptors (Lipinski definition) is 4. The van der Waals surface area contributed by atoms with Crippen molar-refractivity contribution in [2.24, 2.45) is 0 Å². The Morgan fingerprint density at radius 1 is 1.15 bits per heavy atom. The van der Waals surface area contributed by atoms with E-state index in [0.717, 1.165) is 31.5 Å². The van der Waals surface area contributed by atoms with Crippen molar-refractivity contribution in [2.75, 3.05) is 40.5 Å². The van der Waals surface area contributed by atoms with Crippen molar-refractivity contribution >= 4 is 0 Å². The lowest BCUT2D eigenvalue weighted by Crippen LogP contribution is -2.20. The predicted octanol–water partition coefficient (Wildman–Crippen LogP) is 1.90. The maximum Gasteiger partial charge on any atom is 0.123 e. The highest BCUT2D eigenvalue weighted by molar-refractivity contribution is 5.33. The summed E-state index contributed by atoms with van der Waals surface area (Å²) in [4.78, 5) is 2.11. The second-order valence-electron chi connectivity index (χ2n) is 5.53. The third kappa shape index (κ3) is 5.90. The Bertz CT molecular complexity index is 392. The first-order chi connectivity index (χ1) is 9.75. The van der Waals surface area contributed by atoms with Gasteiger partial charge in [0.15, 0.2) is 0 Å². The molecule has 0 radical (unpaired) electrons. The number of nitrogens with zero attached hydrogens (tertiary/aromatic N) is 1. The molecular formula is C16H26N2O2. The van der Waals surface area contributed by atoms with Gasteiger partial charge >= 0.3 is 0 Å². The minimum absolute atomic E-state index is 0.605. The van der Waals surface area contributed by atoms with Gasteiger partial charge in [-0.2, -0.15) is 0 Å². The van der Waals surface area contributed by atoms with E-state index >= 15 is 0 Å². The molecule has 0 saturated heterocycles. The van der Waals surface area contributed by atoms with E-state index in [0.29, 0.717) is 13.2 Å². The summed E-state index contributed by atoms with van der Waals surface area (Å²) < 4.78 is 11.4. The maximum atomic E-state index is 5.82. The van der Waals surface area contributed by atoms with Crippen LogP contribution in [0.5, 0.6) is 5.75 Å². The van der Waals surface area contributed by atoms with E-state index in [-0.39, 0.29) is 0 Å². The van der Waals surface area contributed by atoms with Gasteiger partial charge in [-0.15, -0.1) is 0 Å². The van der Waals surface area contributed by atoms with Crippen LogP contribution in [0.2, 0.25) is 0 Å². The molecule has 0 atom stereocenters. The van der Waals surface area contributed by atoms with Crippen LogP contribution >= 0.6 is 0 Å². The molecule has 1 aliphatic carbocycles. The van der Waals surface area contributed by atoms with Crippen molar-refractivity contribution in [2.45, 2.75) is 25.4 Å². The lowest BCUT2D eigenvalue weighted by molar-refractivity contribution is 0.0887. The van der Waals surface area contributed by atoms with Gasteiger partial charge in [-0.3, -0.25) is 0 Å². The van der Waals surface area contributed by atoms with E-state index in [9.17, 15) is 0 Å². The van der Waals surface area contributed by atoms with Crippen LogP contribution in [-0.4, -0.2) is 51.4 Å². The van der Waals surface area contributed by atoms with Gasteiger partial charge in [0.05, 0.1) is 13.2 Å². The van der Waals surface area contributed by atoms with Crippen LogP contribution in [0.25, 0.3) is 0 Å². The van der Waals surface area contributed by atoms with Crippen LogP contribution in [0.4, 0.5) is 0 Å². The van der Waals surface area contributed by atoms with Gasteiger partial charge in [-0.05, 0) is 33.0 Å². The Kier molecular flexibility index (Phi) is 6.30. The quantitative estimate of drug-likeness (QED) is 0.663. The Hall–Kier alpha value is -1.10. The van der Waals surface area contributed by atoms with Gasteiger partial charge in [-0.1, -0.05) is 18.2 Å². The Morgan fingerprint density at radius 3 is 2.70 bits per heavy atom. The number of rotatable bonds is 10. The number of para-hydroxylation sites is 1. The van der Waals surface area contributed by atoms with Gasteiger partial charge in [0.2, 0.25) is 0 Å². The molecule has 0 amide bonds. The molecule has 4 nitrogen and oxygen atoms in total. The smallest absolute Gasteiger partial charge is 0.123 e. The summed E-state index contributed by atoms with van der Waals surface area (Å²) in [6.07, 6.45) is 2.62. The van der Waals surface area contributed by atoms with E-state index in [1.165, 1.54) is 18.4 Å². The largest absolute Gasteiger partial charge is 0.491 e. The third-order valence-electron chi connectivity index (χ3n) is 3.30. The number of hydrogen-bond donors (Lipinski definition) is 1. The van der Waals surface area contributed by atoms with Crippen molar-refractivity contribution in [3.8, 4) is 5.75 Å². The van der Waals surface area contributed by atoms with Crippen molar-refractivity contribution in [3.05, 3.63) is 29.8 Å². The van der Waals surface area contributed by atoms with E-state index < -0.39 is 0 Å². The van der Waals surface area contributed by atoms with Gasteiger partial charge in [0, 0.05) is 24.7 Å². The van der Waals surface area contributed by atoms with E-state index in [2.05, 4.69) is 22.3 Å². The monoisotopic (exact) mass is 278 g/mol.